The van der Waals surface area contributed by atoms with E-state index in [0.29, 0.717) is 0 Å². The number of carbonyl (C=O) groups is 1. The molecule has 0 aromatic heterocycles. The van der Waals surface area contributed by atoms with E-state index in [-0.39, 0.29) is 6.92 Å². The number of amides is 1. The van der Waals surface area contributed by atoms with Crippen molar-refractivity contribution in [2.24, 2.45) is 0 Å². The number of rotatable bonds is 6. The number of nitrogens with one attached hydrogen (secondary N) is 2. The summed E-state index contributed by atoms with van der Waals surface area (Å²) in [7, 11) is -4.19. The van der Waals surface area contributed by atoms with E-state index < -0.39 is 61.0 Å². The van der Waals surface area contributed by atoms with Gasteiger partial charge in [0, 0.05) is 6.04 Å². The molecule has 0 saturated heterocycles. The number of anilines is 1. The Labute approximate surface area is 157 Å². The van der Waals surface area contributed by atoms with Gasteiger partial charge in [-0.25, -0.2) is 13.1 Å². The van der Waals surface area contributed by atoms with Gasteiger partial charge in [0.25, 0.3) is 5.91 Å². The first kappa shape index (κ1) is 22.9. The summed E-state index contributed by atoms with van der Waals surface area (Å²) in [6.07, 6.45) is -5.25. The molecule has 0 heterocycles. The molecule has 0 bridgehead atoms. The van der Waals surface area contributed by atoms with Crippen molar-refractivity contribution in [2.45, 2.75) is 36.6 Å². The summed E-state index contributed by atoms with van der Waals surface area (Å²) in [5.74, 6) is -1.83. The molecule has 2 atom stereocenters. The number of halogens is 5. The second-order valence-electron chi connectivity index (χ2n) is 5.47. The Morgan fingerprint density at radius 3 is 2.27 bits per heavy atom. The molecule has 26 heavy (non-hydrogen) atoms. The van der Waals surface area contributed by atoms with Crippen molar-refractivity contribution < 1.29 is 36.6 Å². The molecular formula is C13H15Cl2F3N2O5S. The number of alkyl halides is 3. The van der Waals surface area contributed by atoms with Crippen molar-refractivity contribution in [3.63, 3.8) is 0 Å². The van der Waals surface area contributed by atoms with Crippen LogP contribution in [0.25, 0.3) is 0 Å². The minimum Gasteiger partial charge on any atom is -0.395 e. The molecule has 1 amide bonds. The van der Waals surface area contributed by atoms with Crippen molar-refractivity contribution in [2.75, 3.05) is 11.9 Å². The molecule has 4 N–H and O–H groups in total. The second kappa shape index (κ2) is 7.87. The molecule has 0 fully saturated rings. The largest absolute Gasteiger partial charge is 0.426 e. The fourth-order valence-electron chi connectivity index (χ4n) is 1.57. The quantitative estimate of drug-likeness (QED) is 0.541. The van der Waals surface area contributed by atoms with Gasteiger partial charge >= 0.3 is 6.18 Å². The molecule has 148 valence electrons. The third kappa shape index (κ3) is 4.78. The molecule has 0 aliphatic heterocycles. The number of carbonyl (C=O) groups excluding carboxylic acids is 1. The Balaban J connectivity index is 3.22. The fourth-order valence-corrected chi connectivity index (χ4v) is 3.63. The van der Waals surface area contributed by atoms with E-state index in [9.17, 15) is 31.5 Å². The Morgan fingerprint density at radius 2 is 1.81 bits per heavy atom. The van der Waals surface area contributed by atoms with Gasteiger partial charge in [-0.05, 0) is 26.0 Å². The Kier molecular flexibility index (Phi) is 6.94. The molecule has 7 nitrogen and oxygen atoms in total. The van der Waals surface area contributed by atoms with Gasteiger partial charge in [-0.2, -0.15) is 13.2 Å². The maximum Gasteiger partial charge on any atom is 0.426 e. The van der Waals surface area contributed by atoms with E-state index in [1.54, 1.807) is 5.32 Å². The highest BCUT2D eigenvalue weighted by Gasteiger charge is 2.55. The number of hydrogen-bond acceptors (Lipinski definition) is 5. The van der Waals surface area contributed by atoms with E-state index in [1.165, 1.54) is 6.92 Å². The summed E-state index contributed by atoms with van der Waals surface area (Å²) >= 11 is 11.7. The van der Waals surface area contributed by atoms with Crippen LogP contribution in [-0.2, 0) is 14.8 Å². The zero-order valence-corrected chi connectivity index (χ0v) is 15.7. The smallest absolute Gasteiger partial charge is 0.395 e. The van der Waals surface area contributed by atoms with Crippen LogP contribution in [0.2, 0.25) is 10.0 Å². The van der Waals surface area contributed by atoms with Gasteiger partial charge < -0.3 is 15.5 Å². The molecular weight excluding hydrogens is 424 g/mol. The highest BCUT2D eigenvalue weighted by Crippen LogP contribution is 2.37. The molecule has 1 unspecified atom stereocenters. The standard InChI is InChI=1S/C13H15Cl2F3N2O5S/c1-6(5-21)20-26(24,25)8-4-3-7(9(14)10(8)15)19-11(22)12(2,23)13(16,17)18/h3-4,6,20-21,23H,5H2,1-2H3,(H,19,22)/t6?,12-/m0/s1. The van der Waals surface area contributed by atoms with Crippen LogP contribution >= 0.6 is 23.2 Å². The van der Waals surface area contributed by atoms with Gasteiger partial charge in [0.1, 0.15) is 4.90 Å². The number of aliphatic hydroxyl groups excluding tert-OH is 1. The average molecular weight is 439 g/mol. The van der Waals surface area contributed by atoms with E-state index in [2.05, 4.69) is 4.72 Å². The third-order valence-corrected chi connectivity index (χ3v) is 5.83. The zero-order chi connectivity index (χ0) is 20.5. The monoisotopic (exact) mass is 438 g/mol. The molecule has 0 spiro atoms. The van der Waals surface area contributed by atoms with Crippen LogP contribution in [0.1, 0.15) is 13.8 Å². The second-order valence-corrected chi connectivity index (χ2v) is 7.91. The van der Waals surface area contributed by atoms with E-state index >= 15 is 0 Å². The highest BCUT2D eigenvalue weighted by atomic mass is 35.5. The minimum absolute atomic E-state index is 0.247. The van der Waals surface area contributed by atoms with Crippen molar-refractivity contribution >= 4 is 44.8 Å². The molecule has 0 radical (unpaired) electrons. The van der Waals surface area contributed by atoms with Gasteiger partial charge in [0.2, 0.25) is 15.6 Å². The SMILES string of the molecule is CC(CO)NS(=O)(=O)c1ccc(NC(=O)[C@](C)(O)C(F)(F)F)c(Cl)c1Cl. The van der Waals surface area contributed by atoms with Gasteiger partial charge in [-0.3, -0.25) is 4.79 Å². The molecule has 0 aliphatic rings. The lowest BCUT2D eigenvalue weighted by atomic mass is 10.1. The first-order chi connectivity index (χ1) is 11.6. The predicted molar refractivity (Wildman–Crippen MR) is 88.6 cm³/mol. The van der Waals surface area contributed by atoms with Crippen LogP contribution in [0.15, 0.2) is 17.0 Å². The van der Waals surface area contributed by atoms with Crippen LogP contribution in [0, 0.1) is 0 Å². The third-order valence-electron chi connectivity index (χ3n) is 3.21. The van der Waals surface area contributed by atoms with Crippen LogP contribution in [0.4, 0.5) is 18.9 Å². The maximum atomic E-state index is 12.7. The Hall–Kier alpha value is -1.11. The molecule has 13 heteroatoms. The van der Waals surface area contributed by atoms with E-state index in [0.717, 1.165) is 12.1 Å². The van der Waals surface area contributed by atoms with E-state index in [4.69, 9.17) is 28.3 Å². The van der Waals surface area contributed by atoms with Crippen LogP contribution in [-0.4, -0.2) is 49.0 Å². The molecule has 1 aromatic carbocycles. The lowest BCUT2D eigenvalue weighted by Gasteiger charge is -2.25. The summed E-state index contributed by atoms with van der Waals surface area (Å²) in [6.45, 7) is 1.13. The highest BCUT2D eigenvalue weighted by molar-refractivity contribution is 7.89. The first-order valence-corrected chi connectivity index (χ1v) is 9.10. The van der Waals surface area contributed by atoms with Gasteiger partial charge in [0.15, 0.2) is 0 Å². The number of sulfonamides is 1. The van der Waals surface area contributed by atoms with Crippen LogP contribution in [0.5, 0.6) is 0 Å². The van der Waals surface area contributed by atoms with Gasteiger partial charge in [-0.1, -0.05) is 23.2 Å². The van der Waals surface area contributed by atoms with Crippen molar-refractivity contribution in [3.05, 3.63) is 22.2 Å². The fraction of sp³-hybridized carbons (Fsp3) is 0.462. The summed E-state index contributed by atoms with van der Waals surface area (Å²) < 4.78 is 64.4. The average Bonchev–Trinajstić information content (AvgIpc) is 2.49. The first-order valence-electron chi connectivity index (χ1n) is 6.87. The van der Waals surface area contributed by atoms with Crippen molar-refractivity contribution in [3.8, 4) is 0 Å². The topological polar surface area (TPSA) is 116 Å². The molecule has 1 rings (SSSR count). The van der Waals surface area contributed by atoms with Gasteiger partial charge in [-0.15, -0.1) is 0 Å². The van der Waals surface area contributed by atoms with Crippen LogP contribution < -0.4 is 10.0 Å². The zero-order valence-electron chi connectivity index (χ0n) is 13.4. The lowest BCUT2D eigenvalue weighted by molar-refractivity contribution is -0.242. The van der Waals surface area contributed by atoms with E-state index in [1.807, 2.05) is 0 Å². The Morgan fingerprint density at radius 1 is 1.27 bits per heavy atom. The number of hydrogen-bond donors (Lipinski definition) is 4. The molecule has 0 aliphatic carbocycles. The van der Waals surface area contributed by atoms with Crippen LogP contribution in [0.3, 0.4) is 0 Å². The summed E-state index contributed by atoms with van der Waals surface area (Å²) in [6, 6.07) is 0.978. The Bertz CT molecular complexity index is 800. The number of benzene rings is 1. The normalized spacial score (nSPS) is 16.0. The minimum atomic E-state index is -5.25. The summed E-state index contributed by atoms with van der Waals surface area (Å²) in [4.78, 5) is 11.2. The number of aliphatic hydroxyl groups is 2. The van der Waals surface area contributed by atoms with Gasteiger partial charge in [0.05, 0.1) is 22.3 Å². The maximum absolute atomic E-state index is 12.7. The molecule has 0 saturated carbocycles. The molecule has 1 aromatic rings. The predicted octanol–water partition coefficient (Wildman–Crippen LogP) is 1.90. The summed E-state index contributed by atoms with van der Waals surface area (Å²) in [5, 5.41) is 18.9. The van der Waals surface area contributed by atoms with Crippen molar-refractivity contribution in [1.82, 2.24) is 4.72 Å². The summed E-state index contributed by atoms with van der Waals surface area (Å²) in [5.41, 5.74) is -4.13. The van der Waals surface area contributed by atoms with Crippen molar-refractivity contribution in [1.29, 1.82) is 0 Å². The lowest BCUT2D eigenvalue weighted by Crippen LogP contribution is -2.52.